The predicted octanol–water partition coefficient (Wildman–Crippen LogP) is 1.47. The number of pyridine rings is 1. The second kappa shape index (κ2) is 7.58. The summed E-state index contributed by atoms with van der Waals surface area (Å²) in [6.45, 7) is 0.569. The zero-order valence-electron chi connectivity index (χ0n) is 14.3. The van der Waals surface area contributed by atoms with Crippen molar-refractivity contribution < 1.29 is 13.2 Å². The minimum absolute atomic E-state index is 0. The molecule has 2 heterocycles. The number of hydrogen-bond acceptors (Lipinski definition) is 4. The van der Waals surface area contributed by atoms with Crippen LogP contribution < -0.4 is 14.8 Å². The van der Waals surface area contributed by atoms with Crippen molar-refractivity contribution in [2.45, 2.75) is 13.1 Å². The smallest absolute Gasteiger partial charge is 0.323 e. The first kappa shape index (κ1) is 20.1. The van der Waals surface area contributed by atoms with Crippen LogP contribution in [0.5, 0.6) is 0 Å². The fourth-order valence-corrected chi connectivity index (χ4v) is 3.25. The number of nitrogens with two attached hydrogens (primary N) is 1. The van der Waals surface area contributed by atoms with E-state index in [0.29, 0.717) is 12.4 Å². The molecule has 10 heteroatoms. The van der Waals surface area contributed by atoms with E-state index < -0.39 is 10.2 Å². The Kier molecular flexibility index (Phi) is 5.87. The zero-order valence-corrected chi connectivity index (χ0v) is 16.0. The molecule has 0 saturated carbocycles. The Hall–Kier alpha value is -2.20. The summed E-state index contributed by atoms with van der Waals surface area (Å²) in [4.78, 5) is 19.6. The number of carbonyl (C=O) groups excluding carboxylic acids is 1. The number of nitrogens with one attached hydrogen (secondary N) is 1. The molecule has 1 aromatic heterocycles. The summed E-state index contributed by atoms with van der Waals surface area (Å²) in [6, 6.07) is 9.28. The van der Waals surface area contributed by atoms with Gasteiger partial charge in [0.2, 0.25) is 0 Å². The van der Waals surface area contributed by atoms with Crippen LogP contribution in [0.3, 0.4) is 0 Å². The first-order valence-electron chi connectivity index (χ1n) is 7.59. The van der Waals surface area contributed by atoms with Gasteiger partial charge in [-0.1, -0.05) is 18.2 Å². The number of fused-ring (bicyclic) bond motifs is 1. The molecule has 2 aromatic rings. The Bertz CT molecular complexity index is 935. The van der Waals surface area contributed by atoms with Gasteiger partial charge < -0.3 is 4.90 Å². The van der Waals surface area contributed by atoms with Crippen LogP contribution in [0.4, 0.5) is 10.6 Å². The van der Waals surface area contributed by atoms with Crippen molar-refractivity contribution in [3.63, 3.8) is 0 Å². The maximum Gasteiger partial charge on any atom is 0.325 e. The second-order valence-electron chi connectivity index (χ2n) is 5.92. The summed E-state index contributed by atoms with van der Waals surface area (Å²) < 4.78 is 24.4. The highest BCUT2D eigenvalue weighted by Gasteiger charge is 2.28. The quantitative estimate of drug-likeness (QED) is 0.813. The molecular weight excluding hydrogens is 378 g/mol. The first-order valence-corrected chi connectivity index (χ1v) is 9.14. The summed E-state index contributed by atoms with van der Waals surface area (Å²) in [6.07, 6.45) is 1.67. The lowest BCUT2D eigenvalue weighted by molar-refractivity contribution is 0.212. The van der Waals surface area contributed by atoms with Gasteiger partial charge in [-0.15, -0.1) is 12.4 Å². The predicted molar refractivity (Wildman–Crippen MR) is 102 cm³/mol. The van der Waals surface area contributed by atoms with Gasteiger partial charge in [-0.2, -0.15) is 13.1 Å². The van der Waals surface area contributed by atoms with Crippen molar-refractivity contribution in [1.82, 2.24) is 14.6 Å². The molecule has 0 fully saturated rings. The van der Waals surface area contributed by atoms with Gasteiger partial charge in [0.05, 0.1) is 6.54 Å². The maximum absolute atomic E-state index is 12.1. The third-order valence-electron chi connectivity index (χ3n) is 4.07. The Morgan fingerprint density at radius 1 is 1.27 bits per heavy atom. The molecule has 0 unspecified atom stereocenters. The molecule has 0 atom stereocenters. The van der Waals surface area contributed by atoms with Crippen LogP contribution in [0.25, 0.3) is 11.1 Å². The lowest BCUT2D eigenvalue weighted by Gasteiger charge is -2.32. The van der Waals surface area contributed by atoms with Gasteiger partial charge in [-0.05, 0) is 28.8 Å². The molecule has 0 radical (unpaired) electrons. The fraction of sp³-hybridized carbons (Fsp3) is 0.250. The van der Waals surface area contributed by atoms with Crippen molar-refractivity contribution in [3.05, 3.63) is 47.7 Å². The molecule has 1 aromatic carbocycles. The molecule has 8 nitrogen and oxygen atoms in total. The second-order valence-corrected chi connectivity index (χ2v) is 7.30. The molecule has 140 valence electrons. The van der Waals surface area contributed by atoms with Crippen LogP contribution in [0.1, 0.15) is 11.1 Å². The maximum atomic E-state index is 12.1. The number of aromatic nitrogens is 1. The highest BCUT2D eigenvalue weighted by molar-refractivity contribution is 7.87. The standard InChI is InChI=1S/C16H19N5O3S.ClH/c1-20-10-14-13(6-7-18-15(14)21(2)16(20)22)12-5-3-4-11(8-12)9-19-25(17,23)24;/h3-8,19H,9-10H2,1-2H3,(H2,17,23,24);1H. The molecule has 2 amide bonds. The van der Waals surface area contributed by atoms with E-state index in [-0.39, 0.29) is 25.0 Å². The fourth-order valence-electron chi connectivity index (χ4n) is 2.88. The van der Waals surface area contributed by atoms with E-state index >= 15 is 0 Å². The third kappa shape index (κ3) is 4.13. The number of nitrogens with zero attached hydrogens (tertiary/aromatic N) is 3. The number of halogens is 1. The Morgan fingerprint density at radius 3 is 2.69 bits per heavy atom. The average molecular weight is 398 g/mol. The van der Waals surface area contributed by atoms with Crippen molar-refractivity contribution in [3.8, 4) is 11.1 Å². The van der Waals surface area contributed by atoms with Crippen LogP contribution in [0, 0.1) is 0 Å². The van der Waals surface area contributed by atoms with Gasteiger partial charge >= 0.3 is 6.03 Å². The number of benzene rings is 1. The van der Waals surface area contributed by atoms with Crippen LogP contribution in [0.15, 0.2) is 36.5 Å². The summed E-state index contributed by atoms with van der Waals surface area (Å²) in [5, 5.41) is 4.98. The van der Waals surface area contributed by atoms with Gasteiger partial charge in [0, 0.05) is 32.4 Å². The zero-order chi connectivity index (χ0) is 18.2. The van der Waals surface area contributed by atoms with Crippen LogP contribution in [0.2, 0.25) is 0 Å². The van der Waals surface area contributed by atoms with Crippen molar-refractivity contribution in [1.29, 1.82) is 0 Å². The van der Waals surface area contributed by atoms with Gasteiger partial charge in [0.25, 0.3) is 10.2 Å². The van der Waals surface area contributed by atoms with Crippen molar-refractivity contribution in [2.75, 3.05) is 19.0 Å². The van der Waals surface area contributed by atoms with E-state index in [4.69, 9.17) is 5.14 Å². The number of urea groups is 1. The Balaban J connectivity index is 0.00000243. The molecule has 3 rings (SSSR count). The largest absolute Gasteiger partial charge is 0.325 e. The lowest BCUT2D eigenvalue weighted by atomic mass is 9.97. The van der Waals surface area contributed by atoms with Crippen LogP contribution in [-0.2, 0) is 23.3 Å². The molecule has 0 bridgehead atoms. The molecule has 1 aliphatic rings. The van der Waals surface area contributed by atoms with E-state index in [1.54, 1.807) is 25.2 Å². The van der Waals surface area contributed by atoms with Crippen LogP contribution in [-0.4, -0.2) is 38.4 Å². The number of anilines is 1. The molecule has 0 saturated heterocycles. The first-order chi connectivity index (χ1) is 11.8. The minimum atomic E-state index is -3.75. The van der Waals surface area contributed by atoms with Gasteiger partial charge in [0.1, 0.15) is 5.82 Å². The normalized spacial score (nSPS) is 14.0. The van der Waals surface area contributed by atoms with Crippen LogP contribution >= 0.6 is 12.4 Å². The number of rotatable bonds is 4. The minimum Gasteiger partial charge on any atom is -0.323 e. The SMILES string of the molecule is CN1Cc2c(-c3cccc(CNS(N)(=O)=O)c3)ccnc2N(C)C1=O.Cl. The molecular formula is C16H20ClN5O3S. The monoisotopic (exact) mass is 397 g/mol. The van der Waals surface area contributed by atoms with E-state index in [0.717, 1.165) is 22.3 Å². The topological polar surface area (TPSA) is 109 Å². The molecule has 26 heavy (non-hydrogen) atoms. The number of hydrogen-bond donors (Lipinski definition) is 2. The van der Waals surface area contributed by atoms with Crippen molar-refractivity contribution in [2.24, 2.45) is 5.14 Å². The highest BCUT2D eigenvalue weighted by Crippen LogP contribution is 2.33. The molecule has 0 spiro atoms. The number of carbonyl (C=O) groups is 1. The molecule has 3 N–H and O–H groups in total. The average Bonchev–Trinajstić information content (AvgIpc) is 2.57. The Labute approximate surface area is 158 Å². The number of amides is 2. The van der Waals surface area contributed by atoms with Crippen molar-refractivity contribution >= 4 is 34.5 Å². The van der Waals surface area contributed by atoms with Gasteiger partial charge in [-0.3, -0.25) is 4.90 Å². The molecule has 1 aliphatic heterocycles. The van der Waals surface area contributed by atoms with Gasteiger partial charge in [0.15, 0.2) is 0 Å². The van der Waals surface area contributed by atoms with E-state index in [1.165, 1.54) is 4.90 Å². The third-order valence-corrected chi connectivity index (χ3v) is 4.62. The van der Waals surface area contributed by atoms with Gasteiger partial charge in [-0.25, -0.2) is 14.9 Å². The summed E-state index contributed by atoms with van der Waals surface area (Å²) in [7, 11) is -0.310. The lowest BCUT2D eigenvalue weighted by Crippen LogP contribution is -2.43. The van der Waals surface area contributed by atoms with E-state index in [2.05, 4.69) is 9.71 Å². The Morgan fingerprint density at radius 2 is 2.00 bits per heavy atom. The van der Waals surface area contributed by atoms with E-state index in [1.807, 2.05) is 30.3 Å². The highest BCUT2D eigenvalue weighted by atomic mass is 35.5. The molecule has 0 aliphatic carbocycles. The summed E-state index contributed by atoms with van der Waals surface area (Å²) in [5.74, 6) is 0.633. The van der Waals surface area contributed by atoms with E-state index in [9.17, 15) is 13.2 Å². The summed E-state index contributed by atoms with van der Waals surface area (Å²) >= 11 is 0. The summed E-state index contributed by atoms with van der Waals surface area (Å²) in [5.41, 5.74) is 3.60.